The van der Waals surface area contributed by atoms with Crippen LogP contribution in [-0.4, -0.2) is 23.2 Å². The van der Waals surface area contributed by atoms with Crippen LogP contribution in [0.5, 0.6) is 5.75 Å². The van der Waals surface area contributed by atoms with Gasteiger partial charge in [-0.25, -0.2) is 4.39 Å². The van der Waals surface area contributed by atoms with Gasteiger partial charge >= 0.3 is 0 Å². The lowest BCUT2D eigenvalue weighted by Crippen LogP contribution is -2.43. The second kappa shape index (κ2) is 6.02. The van der Waals surface area contributed by atoms with E-state index in [1.54, 1.807) is 0 Å². The van der Waals surface area contributed by atoms with E-state index >= 15 is 0 Å². The largest absolute Gasteiger partial charge is 0.484 e. The third-order valence-corrected chi connectivity index (χ3v) is 2.31. The number of aliphatic hydroxyl groups excluding tert-OH is 1. The summed E-state index contributed by atoms with van der Waals surface area (Å²) < 4.78 is 18.8. The minimum absolute atomic E-state index is 0.176. The molecule has 0 aliphatic heterocycles. The molecule has 0 saturated heterocycles. The minimum atomic E-state index is -0.877. The first-order valence-electron chi connectivity index (χ1n) is 6.10. The molecule has 0 fully saturated rings. The van der Waals surface area contributed by atoms with Gasteiger partial charge in [0.2, 0.25) is 0 Å². The predicted octanol–water partition coefficient (Wildman–Crippen LogP) is 2.17. The van der Waals surface area contributed by atoms with Crippen LogP contribution in [0.2, 0.25) is 0 Å². The van der Waals surface area contributed by atoms with Crippen molar-refractivity contribution in [3.8, 4) is 5.75 Å². The van der Waals surface area contributed by atoms with E-state index in [9.17, 15) is 14.3 Å². The lowest BCUT2D eigenvalue weighted by atomic mass is 10.1. The molecule has 0 aromatic heterocycles. The van der Waals surface area contributed by atoms with Gasteiger partial charge in [0, 0.05) is 17.2 Å². The van der Waals surface area contributed by atoms with Crippen LogP contribution in [-0.2, 0) is 4.79 Å². The van der Waals surface area contributed by atoms with E-state index in [1.165, 1.54) is 19.1 Å². The number of nitrogens with one attached hydrogen (secondary N) is 1. The Morgan fingerprint density at radius 3 is 2.58 bits per heavy atom. The predicted molar refractivity (Wildman–Crippen MR) is 70.4 cm³/mol. The Bertz CT molecular complexity index is 452. The number of amides is 1. The highest BCUT2D eigenvalue weighted by molar-refractivity contribution is 5.78. The number of carbonyl (C=O) groups excluding carboxylic acids is 1. The maximum atomic E-state index is 13.6. The molecule has 0 radical (unpaired) electrons. The van der Waals surface area contributed by atoms with Gasteiger partial charge in [0.15, 0.2) is 6.61 Å². The summed E-state index contributed by atoms with van der Waals surface area (Å²) in [6.45, 7) is 6.90. The first-order valence-corrected chi connectivity index (χ1v) is 6.10. The Kier molecular flexibility index (Phi) is 4.89. The van der Waals surface area contributed by atoms with Crippen LogP contribution in [0.1, 0.15) is 39.4 Å². The lowest BCUT2D eigenvalue weighted by molar-refractivity contribution is -0.124. The van der Waals surface area contributed by atoms with Crippen molar-refractivity contribution in [2.24, 2.45) is 0 Å². The number of halogens is 1. The van der Waals surface area contributed by atoms with Crippen LogP contribution >= 0.6 is 0 Å². The molecule has 2 N–H and O–H groups in total. The standard InChI is InChI=1S/C14H20FNO3/c1-9(17)11-6-5-10(7-12(11)15)19-8-13(18)16-14(2,3)4/h5-7,9,17H,8H2,1-4H3,(H,16,18)/t9-/m0/s1. The average Bonchev–Trinajstić information content (AvgIpc) is 2.23. The van der Waals surface area contributed by atoms with E-state index in [0.29, 0.717) is 0 Å². The summed E-state index contributed by atoms with van der Waals surface area (Å²) in [6.07, 6.45) is -0.877. The SMILES string of the molecule is C[C@H](O)c1ccc(OCC(=O)NC(C)(C)C)cc1F. The Morgan fingerprint density at radius 2 is 2.11 bits per heavy atom. The number of hydrogen-bond acceptors (Lipinski definition) is 3. The fourth-order valence-corrected chi connectivity index (χ4v) is 1.54. The number of benzene rings is 1. The van der Waals surface area contributed by atoms with E-state index < -0.39 is 11.9 Å². The molecule has 1 atom stereocenters. The first kappa shape index (κ1) is 15.4. The maximum absolute atomic E-state index is 13.6. The van der Waals surface area contributed by atoms with E-state index in [4.69, 9.17) is 4.74 Å². The molecule has 0 spiro atoms. The van der Waals surface area contributed by atoms with Gasteiger partial charge in [-0.2, -0.15) is 0 Å². The molecule has 4 nitrogen and oxygen atoms in total. The van der Waals surface area contributed by atoms with Crippen molar-refractivity contribution in [1.82, 2.24) is 5.32 Å². The van der Waals surface area contributed by atoms with Crippen molar-refractivity contribution < 1.29 is 19.0 Å². The van der Waals surface area contributed by atoms with Gasteiger partial charge in [-0.1, -0.05) is 0 Å². The van der Waals surface area contributed by atoms with Crippen LogP contribution in [0.3, 0.4) is 0 Å². The highest BCUT2D eigenvalue weighted by atomic mass is 19.1. The topological polar surface area (TPSA) is 58.6 Å². The summed E-state index contributed by atoms with van der Waals surface area (Å²) in [4.78, 5) is 11.5. The molecule has 0 bridgehead atoms. The molecule has 1 amide bonds. The highest BCUT2D eigenvalue weighted by Crippen LogP contribution is 2.21. The molecule has 0 heterocycles. The van der Waals surface area contributed by atoms with E-state index in [1.807, 2.05) is 20.8 Å². The third kappa shape index (κ3) is 5.26. The third-order valence-electron chi connectivity index (χ3n) is 2.31. The Labute approximate surface area is 112 Å². The molecule has 1 rings (SSSR count). The second-order valence-electron chi connectivity index (χ2n) is 5.45. The van der Waals surface area contributed by atoms with Gasteiger partial charge < -0.3 is 15.2 Å². The summed E-state index contributed by atoms with van der Waals surface area (Å²) in [5.41, 5.74) is -0.131. The van der Waals surface area contributed by atoms with E-state index in [0.717, 1.165) is 6.07 Å². The van der Waals surface area contributed by atoms with E-state index in [2.05, 4.69) is 5.32 Å². The second-order valence-corrected chi connectivity index (χ2v) is 5.45. The molecule has 1 aromatic carbocycles. The van der Waals surface area contributed by atoms with Gasteiger partial charge in [0.05, 0.1) is 6.10 Å². The molecule has 0 aliphatic rings. The number of ether oxygens (including phenoxy) is 1. The fraction of sp³-hybridized carbons (Fsp3) is 0.500. The van der Waals surface area contributed by atoms with Crippen molar-refractivity contribution in [2.45, 2.75) is 39.3 Å². The number of rotatable bonds is 4. The number of aliphatic hydroxyl groups is 1. The summed E-state index contributed by atoms with van der Waals surface area (Å²) in [6, 6.07) is 4.12. The normalized spacial score (nSPS) is 12.9. The van der Waals surface area contributed by atoms with Crippen molar-refractivity contribution in [3.63, 3.8) is 0 Å². The summed E-state index contributed by atoms with van der Waals surface area (Å²) in [5, 5.41) is 12.0. The molecular weight excluding hydrogens is 249 g/mol. The van der Waals surface area contributed by atoms with Crippen LogP contribution in [0, 0.1) is 5.82 Å². The quantitative estimate of drug-likeness (QED) is 0.880. The molecule has 5 heteroatoms. The molecule has 0 saturated carbocycles. The van der Waals surface area contributed by atoms with Crippen molar-refractivity contribution >= 4 is 5.91 Å². The van der Waals surface area contributed by atoms with Crippen molar-refractivity contribution in [1.29, 1.82) is 0 Å². The van der Waals surface area contributed by atoms with Gasteiger partial charge in [0.25, 0.3) is 5.91 Å². The Hall–Kier alpha value is -1.62. The maximum Gasteiger partial charge on any atom is 0.258 e. The zero-order valence-electron chi connectivity index (χ0n) is 11.7. The Morgan fingerprint density at radius 1 is 1.47 bits per heavy atom. The molecular formula is C14H20FNO3. The molecule has 19 heavy (non-hydrogen) atoms. The zero-order valence-corrected chi connectivity index (χ0v) is 11.7. The summed E-state index contributed by atoms with van der Waals surface area (Å²) >= 11 is 0. The molecule has 0 aliphatic carbocycles. The minimum Gasteiger partial charge on any atom is -0.484 e. The number of carbonyl (C=O) groups is 1. The monoisotopic (exact) mass is 269 g/mol. The molecule has 106 valence electrons. The van der Waals surface area contributed by atoms with Crippen molar-refractivity contribution in [2.75, 3.05) is 6.61 Å². The van der Waals surface area contributed by atoms with Gasteiger partial charge in [-0.15, -0.1) is 0 Å². The molecule has 0 unspecified atom stereocenters. The smallest absolute Gasteiger partial charge is 0.258 e. The van der Waals surface area contributed by atoms with Crippen LogP contribution in [0.15, 0.2) is 18.2 Å². The van der Waals surface area contributed by atoms with E-state index in [-0.39, 0.29) is 29.4 Å². The number of hydrogen-bond donors (Lipinski definition) is 2. The summed E-state index contributed by atoms with van der Waals surface area (Å²) in [5.74, 6) is -0.567. The Balaban J connectivity index is 2.59. The lowest BCUT2D eigenvalue weighted by Gasteiger charge is -2.20. The summed E-state index contributed by atoms with van der Waals surface area (Å²) in [7, 11) is 0. The van der Waals surface area contributed by atoms with Gasteiger partial charge in [-0.3, -0.25) is 4.79 Å². The highest BCUT2D eigenvalue weighted by Gasteiger charge is 2.14. The van der Waals surface area contributed by atoms with Crippen LogP contribution < -0.4 is 10.1 Å². The van der Waals surface area contributed by atoms with Gasteiger partial charge in [0.1, 0.15) is 11.6 Å². The fourth-order valence-electron chi connectivity index (χ4n) is 1.54. The van der Waals surface area contributed by atoms with Crippen molar-refractivity contribution in [3.05, 3.63) is 29.6 Å². The zero-order chi connectivity index (χ0) is 14.6. The average molecular weight is 269 g/mol. The van der Waals surface area contributed by atoms with Crippen LogP contribution in [0.4, 0.5) is 4.39 Å². The molecule has 1 aromatic rings. The van der Waals surface area contributed by atoms with Crippen LogP contribution in [0.25, 0.3) is 0 Å². The first-order chi connectivity index (χ1) is 8.69. The van der Waals surface area contributed by atoms with Gasteiger partial charge in [-0.05, 0) is 39.8 Å².